The van der Waals surface area contributed by atoms with Crippen molar-refractivity contribution < 1.29 is 14.3 Å². The lowest BCUT2D eigenvalue weighted by Gasteiger charge is -2.26. The van der Waals surface area contributed by atoms with Gasteiger partial charge in [0.2, 0.25) is 5.91 Å². The molecule has 1 aliphatic heterocycles. The maximum absolute atomic E-state index is 12.7. The fraction of sp³-hybridized carbons (Fsp3) is 0.526. The lowest BCUT2D eigenvalue weighted by Crippen LogP contribution is -2.38. The molecular weight excluding hydrogens is 290 g/mol. The molecule has 1 atom stereocenters. The second kappa shape index (κ2) is 7.07. The summed E-state index contributed by atoms with van der Waals surface area (Å²) in [7, 11) is 3.32. The van der Waals surface area contributed by atoms with Crippen molar-refractivity contribution in [1.29, 1.82) is 0 Å². The molecule has 0 N–H and O–H groups in total. The molecule has 0 aromatic heterocycles. The Morgan fingerprint density at radius 1 is 1.04 bits per heavy atom. The van der Waals surface area contributed by atoms with Crippen LogP contribution in [0.15, 0.2) is 24.3 Å². The van der Waals surface area contributed by atoms with E-state index in [2.05, 4.69) is 24.3 Å². The van der Waals surface area contributed by atoms with Crippen LogP contribution in [0.2, 0.25) is 0 Å². The van der Waals surface area contributed by atoms with Crippen LogP contribution >= 0.6 is 0 Å². The normalized spacial score (nSPS) is 20.6. The van der Waals surface area contributed by atoms with E-state index in [0.717, 1.165) is 56.7 Å². The summed E-state index contributed by atoms with van der Waals surface area (Å²) in [6.45, 7) is 1.59. The van der Waals surface area contributed by atoms with E-state index in [-0.39, 0.29) is 5.92 Å². The molecule has 23 heavy (non-hydrogen) atoms. The highest BCUT2D eigenvalue weighted by Gasteiger charge is 2.26. The lowest BCUT2D eigenvalue weighted by molar-refractivity contribution is -0.135. The first kappa shape index (κ1) is 15.9. The molecule has 1 aliphatic carbocycles. The number of ether oxygens (including phenoxy) is 2. The summed E-state index contributed by atoms with van der Waals surface area (Å²) in [5.74, 6) is 2.03. The Labute approximate surface area is 138 Å². The van der Waals surface area contributed by atoms with Crippen LogP contribution in [-0.2, 0) is 17.6 Å². The molecule has 0 saturated heterocycles. The van der Waals surface area contributed by atoms with Crippen LogP contribution in [0.3, 0.4) is 0 Å². The van der Waals surface area contributed by atoms with Gasteiger partial charge in [0.25, 0.3) is 0 Å². The van der Waals surface area contributed by atoms with E-state index in [0.29, 0.717) is 5.91 Å². The third kappa shape index (κ3) is 3.36. The number of carbonyl (C=O) groups excluding carboxylic acids is 1. The quantitative estimate of drug-likeness (QED) is 0.805. The highest BCUT2D eigenvalue weighted by Crippen LogP contribution is 2.32. The minimum atomic E-state index is 0.172. The molecular formula is C19H25NO3. The molecule has 1 aromatic rings. The van der Waals surface area contributed by atoms with E-state index in [1.807, 2.05) is 4.90 Å². The number of rotatable bonds is 3. The number of allylic oxidation sites excluding steroid dienone is 2. The Morgan fingerprint density at radius 3 is 2.13 bits per heavy atom. The number of hydrogen-bond donors (Lipinski definition) is 0. The van der Waals surface area contributed by atoms with Gasteiger partial charge in [-0.15, -0.1) is 0 Å². The van der Waals surface area contributed by atoms with Crippen LogP contribution < -0.4 is 9.47 Å². The molecule has 3 rings (SSSR count). The maximum atomic E-state index is 12.7. The van der Waals surface area contributed by atoms with E-state index in [9.17, 15) is 4.79 Å². The molecule has 0 fully saturated rings. The van der Waals surface area contributed by atoms with Gasteiger partial charge in [-0.3, -0.25) is 4.79 Å². The first-order valence-electron chi connectivity index (χ1n) is 8.40. The third-order valence-corrected chi connectivity index (χ3v) is 4.94. The van der Waals surface area contributed by atoms with Crippen LogP contribution in [0.1, 0.15) is 30.4 Å². The van der Waals surface area contributed by atoms with Crippen LogP contribution in [-0.4, -0.2) is 38.1 Å². The number of methoxy groups -OCH3 is 2. The van der Waals surface area contributed by atoms with E-state index < -0.39 is 0 Å². The number of hydrogen-bond acceptors (Lipinski definition) is 3. The van der Waals surface area contributed by atoms with Gasteiger partial charge in [0.15, 0.2) is 11.5 Å². The summed E-state index contributed by atoms with van der Waals surface area (Å²) < 4.78 is 10.8. The molecule has 0 saturated carbocycles. The molecule has 124 valence electrons. The Kier molecular flexibility index (Phi) is 4.89. The molecule has 4 heteroatoms. The van der Waals surface area contributed by atoms with Crippen molar-refractivity contribution in [1.82, 2.24) is 4.90 Å². The number of benzene rings is 1. The van der Waals surface area contributed by atoms with Crippen LogP contribution in [0.25, 0.3) is 0 Å². The molecule has 1 aromatic carbocycles. The summed E-state index contributed by atoms with van der Waals surface area (Å²) in [5, 5.41) is 0. The zero-order chi connectivity index (χ0) is 16.2. The molecule has 0 unspecified atom stereocenters. The first-order valence-corrected chi connectivity index (χ1v) is 8.40. The number of nitrogens with zero attached hydrogens (tertiary/aromatic N) is 1. The highest BCUT2D eigenvalue weighted by molar-refractivity contribution is 5.79. The number of fused-ring (bicyclic) bond motifs is 1. The van der Waals surface area contributed by atoms with Gasteiger partial charge in [-0.25, -0.2) is 0 Å². The summed E-state index contributed by atoms with van der Waals surface area (Å²) in [5.41, 5.74) is 2.53. The standard InChI is InChI=1S/C19H25NO3/c1-22-17-12-15-8-10-20(11-9-16(15)13-18(17)23-2)19(21)14-6-4-3-5-7-14/h3-4,12-14H,5-11H2,1-2H3/t14-/m1/s1. The van der Waals surface area contributed by atoms with Gasteiger partial charge in [0.05, 0.1) is 14.2 Å². The topological polar surface area (TPSA) is 38.8 Å². The van der Waals surface area contributed by atoms with Crippen LogP contribution in [0.4, 0.5) is 0 Å². The summed E-state index contributed by atoms with van der Waals surface area (Å²) in [4.78, 5) is 14.8. The Bertz CT molecular complexity index is 574. The lowest BCUT2D eigenvalue weighted by atomic mass is 9.93. The van der Waals surface area contributed by atoms with Crippen molar-refractivity contribution in [2.24, 2.45) is 5.92 Å². The van der Waals surface area contributed by atoms with Crippen molar-refractivity contribution in [3.63, 3.8) is 0 Å². The second-order valence-corrected chi connectivity index (χ2v) is 6.28. The van der Waals surface area contributed by atoms with Crippen LogP contribution in [0, 0.1) is 5.92 Å². The van der Waals surface area contributed by atoms with Gasteiger partial charge in [-0.1, -0.05) is 12.2 Å². The predicted molar refractivity (Wildman–Crippen MR) is 90.0 cm³/mol. The summed E-state index contributed by atoms with van der Waals surface area (Å²) in [6, 6.07) is 4.12. The molecule has 4 nitrogen and oxygen atoms in total. The molecule has 1 heterocycles. The van der Waals surface area contributed by atoms with Gasteiger partial charge >= 0.3 is 0 Å². The molecule has 0 radical (unpaired) electrons. The Morgan fingerprint density at radius 2 is 1.65 bits per heavy atom. The maximum Gasteiger partial charge on any atom is 0.226 e. The smallest absolute Gasteiger partial charge is 0.226 e. The van der Waals surface area contributed by atoms with Crippen molar-refractivity contribution in [2.45, 2.75) is 32.1 Å². The molecule has 0 spiro atoms. The Balaban J connectivity index is 1.74. The zero-order valence-electron chi connectivity index (χ0n) is 14.0. The second-order valence-electron chi connectivity index (χ2n) is 6.28. The molecule has 2 aliphatic rings. The zero-order valence-corrected chi connectivity index (χ0v) is 14.0. The molecule has 0 bridgehead atoms. The van der Waals surface area contributed by atoms with Gasteiger partial charge < -0.3 is 14.4 Å². The van der Waals surface area contributed by atoms with Crippen molar-refractivity contribution in [3.8, 4) is 11.5 Å². The first-order chi connectivity index (χ1) is 11.2. The van der Waals surface area contributed by atoms with Crippen molar-refractivity contribution >= 4 is 5.91 Å². The van der Waals surface area contributed by atoms with E-state index in [4.69, 9.17) is 9.47 Å². The summed E-state index contributed by atoms with van der Waals surface area (Å²) >= 11 is 0. The van der Waals surface area contributed by atoms with Gasteiger partial charge in [-0.2, -0.15) is 0 Å². The SMILES string of the molecule is COc1cc2c(cc1OC)CCN(C(=O)[C@@H]1CC=CCC1)CC2. The van der Waals surface area contributed by atoms with E-state index >= 15 is 0 Å². The van der Waals surface area contributed by atoms with E-state index in [1.165, 1.54) is 11.1 Å². The minimum absolute atomic E-state index is 0.172. The Hall–Kier alpha value is -1.97. The monoisotopic (exact) mass is 315 g/mol. The van der Waals surface area contributed by atoms with Crippen LogP contribution in [0.5, 0.6) is 11.5 Å². The highest BCUT2D eigenvalue weighted by atomic mass is 16.5. The fourth-order valence-electron chi connectivity index (χ4n) is 3.55. The summed E-state index contributed by atoms with van der Waals surface area (Å²) in [6.07, 6.45) is 8.99. The van der Waals surface area contributed by atoms with Gasteiger partial charge in [0, 0.05) is 19.0 Å². The average molecular weight is 315 g/mol. The number of carbonyl (C=O) groups is 1. The fourth-order valence-corrected chi connectivity index (χ4v) is 3.55. The van der Waals surface area contributed by atoms with Crippen molar-refractivity contribution in [2.75, 3.05) is 27.3 Å². The largest absolute Gasteiger partial charge is 0.493 e. The van der Waals surface area contributed by atoms with Crippen molar-refractivity contribution in [3.05, 3.63) is 35.4 Å². The third-order valence-electron chi connectivity index (χ3n) is 4.94. The number of amides is 1. The minimum Gasteiger partial charge on any atom is -0.493 e. The van der Waals surface area contributed by atoms with Gasteiger partial charge in [-0.05, 0) is 55.4 Å². The molecule has 1 amide bonds. The predicted octanol–water partition coefficient (Wildman–Crippen LogP) is 2.99. The average Bonchev–Trinajstić information content (AvgIpc) is 2.82. The van der Waals surface area contributed by atoms with Gasteiger partial charge in [0.1, 0.15) is 0 Å². The van der Waals surface area contributed by atoms with E-state index in [1.54, 1.807) is 14.2 Å².